The Bertz CT molecular complexity index is 1580. The summed E-state index contributed by atoms with van der Waals surface area (Å²) in [5, 5.41) is 1.20. The molecule has 10 heteroatoms. The molecular formula is C28H30ClN3O5S. The first-order chi connectivity index (χ1) is 18.2. The third-order valence-corrected chi connectivity index (χ3v) is 8.04. The summed E-state index contributed by atoms with van der Waals surface area (Å²) < 4.78 is 42.9. The lowest BCUT2D eigenvalue weighted by molar-refractivity contribution is 0.157. The first kappa shape index (κ1) is 27.3. The van der Waals surface area contributed by atoms with Gasteiger partial charge in [0.15, 0.2) is 5.75 Å². The molecule has 0 radical (unpaired) electrons. The van der Waals surface area contributed by atoms with Gasteiger partial charge in [-0.15, -0.1) is 0 Å². The van der Waals surface area contributed by atoms with E-state index in [1.54, 1.807) is 30.3 Å². The maximum absolute atomic E-state index is 13.6. The fourth-order valence-corrected chi connectivity index (χ4v) is 5.66. The molecule has 1 heterocycles. The maximum atomic E-state index is 13.6. The molecule has 1 N–H and O–H groups in total. The number of methoxy groups -OCH3 is 1. The normalized spacial score (nSPS) is 11.4. The van der Waals surface area contributed by atoms with Crippen molar-refractivity contribution >= 4 is 44.3 Å². The summed E-state index contributed by atoms with van der Waals surface area (Å²) in [4.78, 5) is 14.3. The molecule has 38 heavy (non-hydrogen) atoms. The molecule has 0 aliphatic rings. The third-order valence-electron chi connectivity index (χ3n) is 6.28. The quantitative estimate of drug-likeness (QED) is 0.262. The average molecular weight is 556 g/mol. The second-order valence-corrected chi connectivity index (χ2v) is 10.8. The van der Waals surface area contributed by atoms with Crippen molar-refractivity contribution in [2.75, 3.05) is 24.9 Å². The summed E-state index contributed by atoms with van der Waals surface area (Å²) in [6, 6.07) is 17.5. The highest BCUT2D eigenvalue weighted by Crippen LogP contribution is 2.38. The van der Waals surface area contributed by atoms with Gasteiger partial charge in [0, 0.05) is 36.2 Å². The van der Waals surface area contributed by atoms with Crippen LogP contribution >= 0.6 is 11.6 Å². The summed E-state index contributed by atoms with van der Waals surface area (Å²) in [5.74, 6) is 0.308. The molecule has 4 rings (SSSR count). The van der Waals surface area contributed by atoms with Crippen molar-refractivity contribution in [1.29, 1.82) is 0 Å². The molecule has 0 spiro atoms. The molecule has 0 unspecified atom stereocenters. The highest BCUT2D eigenvalue weighted by molar-refractivity contribution is 7.92. The van der Waals surface area contributed by atoms with Crippen molar-refractivity contribution in [2.24, 2.45) is 0 Å². The smallest absolute Gasteiger partial charge is 0.415 e. The summed E-state index contributed by atoms with van der Waals surface area (Å²) in [6.45, 7) is 6.91. The number of carbonyl (C=O) groups is 1. The van der Waals surface area contributed by atoms with E-state index in [9.17, 15) is 13.2 Å². The standard InChI is InChI=1S/C28H30ClN3O5S/c1-5-31(6-2)28(33)37-24-13-12-23-21(15-16-32(23)18-20-9-7-8-10-22(20)29)27(24)30-38(34,35)26-14-11-19(3)17-25(26)36-4/h7-17,30H,5-6,18H2,1-4H3. The number of nitrogens with zero attached hydrogens (tertiary/aromatic N) is 2. The zero-order valence-corrected chi connectivity index (χ0v) is 23.3. The number of ether oxygens (including phenoxy) is 2. The molecule has 200 valence electrons. The molecule has 0 saturated heterocycles. The molecule has 0 fully saturated rings. The molecule has 8 nitrogen and oxygen atoms in total. The lowest BCUT2D eigenvalue weighted by Gasteiger charge is -2.20. The van der Waals surface area contributed by atoms with Crippen LogP contribution in [0, 0.1) is 6.92 Å². The van der Waals surface area contributed by atoms with Crippen LogP contribution in [0.4, 0.5) is 10.5 Å². The lowest BCUT2D eigenvalue weighted by Crippen LogP contribution is -2.33. The van der Waals surface area contributed by atoms with Gasteiger partial charge in [-0.25, -0.2) is 13.2 Å². The van der Waals surface area contributed by atoms with Crippen molar-refractivity contribution in [3.63, 3.8) is 0 Å². The van der Waals surface area contributed by atoms with Crippen LogP contribution in [0.5, 0.6) is 11.5 Å². The predicted molar refractivity (Wildman–Crippen MR) is 150 cm³/mol. The van der Waals surface area contributed by atoms with E-state index in [1.165, 1.54) is 18.1 Å². The second kappa shape index (κ2) is 11.4. The second-order valence-electron chi connectivity index (χ2n) is 8.71. The number of amides is 1. The largest absolute Gasteiger partial charge is 0.495 e. The summed E-state index contributed by atoms with van der Waals surface area (Å²) in [5.41, 5.74) is 2.66. The number of hydrogen-bond acceptors (Lipinski definition) is 5. The summed E-state index contributed by atoms with van der Waals surface area (Å²) in [7, 11) is -2.70. The molecule has 0 saturated carbocycles. The number of nitrogens with one attached hydrogen (secondary N) is 1. The molecule has 0 aliphatic heterocycles. The predicted octanol–water partition coefficient (Wildman–Crippen LogP) is 6.30. The number of anilines is 1. The summed E-state index contributed by atoms with van der Waals surface area (Å²) in [6.07, 6.45) is 1.27. The Labute approximate surface area is 227 Å². The van der Waals surface area contributed by atoms with E-state index in [1.807, 2.05) is 55.8 Å². The zero-order valence-electron chi connectivity index (χ0n) is 21.7. The van der Waals surface area contributed by atoms with Crippen LogP contribution in [0.1, 0.15) is 25.0 Å². The van der Waals surface area contributed by atoms with Crippen molar-refractivity contribution < 1.29 is 22.7 Å². The van der Waals surface area contributed by atoms with E-state index in [-0.39, 0.29) is 22.1 Å². The van der Waals surface area contributed by atoms with E-state index >= 15 is 0 Å². The molecular weight excluding hydrogens is 526 g/mol. The van der Waals surface area contributed by atoms with Crippen LogP contribution in [0.25, 0.3) is 10.9 Å². The Balaban J connectivity index is 1.82. The lowest BCUT2D eigenvalue weighted by atomic mass is 10.2. The van der Waals surface area contributed by atoms with Crippen molar-refractivity contribution in [2.45, 2.75) is 32.2 Å². The van der Waals surface area contributed by atoms with Gasteiger partial charge in [-0.3, -0.25) is 4.72 Å². The van der Waals surface area contributed by atoms with Crippen LogP contribution in [0.3, 0.4) is 0 Å². The Morgan fingerprint density at radius 1 is 1.03 bits per heavy atom. The number of carbonyl (C=O) groups excluding carboxylic acids is 1. The van der Waals surface area contributed by atoms with Crippen LogP contribution in [0.2, 0.25) is 5.02 Å². The molecule has 3 aromatic carbocycles. The van der Waals surface area contributed by atoms with Gasteiger partial charge in [0.2, 0.25) is 0 Å². The third kappa shape index (κ3) is 5.58. The number of fused-ring (bicyclic) bond motifs is 1. The van der Waals surface area contributed by atoms with E-state index in [0.717, 1.165) is 16.6 Å². The zero-order chi connectivity index (χ0) is 27.4. The van der Waals surface area contributed by atoms with E-state index < -0.39 is 16.1 Å². The molecule has 0 atom stereocenters. The number of halogens is 1. The van der Waals surface area contributed by atoms with E-state index in [0.29, 0.717) is 30.0 Å². The van der Waals surface area contributed by atoms with Gasteiger partial charge in [-0.2, -0.15) is 0 Å². The van der Waals surface area contributed by atoms with Gasteiger partial charge in [-0.1, -0.05) is 35.9 Å². The minimum absolute atomic E-state index is 0.0286. The molecule has 0 aliphatic carbocycles. The highest BCUT2D eigenvalue weighted by Gasteiger charge is 2.25. The number of aromatic nitrogens is 1. The van der Waals surface area contributed by atoms with E-state index in [2.05, 4.69) is 4.72 Å². The molecule has 1 aromatic heterocycles. The van der Waals surface area contributed by atoms with Gasteiger partial charge < -0.3 is 18.9 Å². The fraction of sp³-hybridized carbons (Fsp3) is 0.250. The number of sulfonamides is 1. The molecule has 0 bridgehead atoms. The van der Waals surface area contributed by atoms with Crippen LogP contribution in [-0.4, -0.2) is 44.2 Å². The van der Waals surface area contributed by atoms with Crippen LogP contribution in [-0.2, 0) is 16.6 Å². The molecule has 1 amide bonds. The Morgan fingerprint density at radius 3 is 2.45 bits per heavy atom. The van der Waals surface area contributed by atoms with Crippen LogP contribution in [0.15, 0.2) is 71.8 Å². The van der Waals surface area contributed by atoms with Crippen LogP contribution < -0.4 is 14.2 Å². The van der Waals surface area contributed by atoms with Gasteiger partial charge in [0.1, 0.15) is 16.3 Å². The minimum atomic E-state index is -4.12. The van der Waals surface area contributed by atoms with E-state index in [4.69, 9.17) is 21.1 Å². The Kier molecular flexibility index (Phi) is 8.18. The van der Waals surface area contributed by atoms with Crippen molar-refractivity contribution in [3.8, 4) is 11.5 Å². The van der Waals surface area contributed by atoms with Gasteiger partial charge in [0.25, 0.3) is 10.0 Å². The molecule has 4 aromatic rings. The monoisotopic (exact) mass is 555 g/mol. The first-order valence-electron chi connectivity index (χ1n) is 12.2. The minimum Gasteiger partial charge on any atom is -0.495 e. The van der Waals surface area contributed by atoms with Gasteiger partial charge in [-0.05, 0) is 68.3 Å². The van der Waals surface area contributed by atoms with Gasteiger partial charge in [0.05, 0.1) is 12.6 Å². The Hall–Kier alpha value is -3.69. The van der Waals surface area contributed by atoms with Crippen molar-refractivity contribution in [1.82, 2.24) is 9.47 Å². The van der Waals surface area contributed by atoms with Crippen molar-refractivity contribution in [3.05, 3.63) is 83.0 Å². The SMILES string of the molecule is CCN(CC)C(=O)Oc1ccc2c(ccn2Cc2ccccc2Cl)c1NS(=O)(=O)c1ccc(C)cc1OC. The number of aryl methyl sites for hydroxylation is 1. The summed E-state index contributed by atoms with van der Waals surface area (Å²) >= 11 is 6.38. The number of benzene rings is 3. The number of hydrogen-bond donors (Lipinski definition) is 1. The Morgan fingerprint density at radius 2 is 1.76 bits per heavy atom. The average Bonchev–Trinajstić information content (AvgIpc) is 3.30. The number of rotatable bonds is 9. The first-order valence-corrected chi connectivity index (χ1v) is 14.0. The highest BCUT2D eigenvalue weighted by atomic mass is 35.5. The fourth-order valence-electron chi connectivity index (χ4n) is 4.22. The maximum Gasteiger partial charge on any atom is 0.415 e. The van der Waals surface area contributed by atoms with Gasteiger partial charge >= 0.3 is 6.09 Å². The topological polar surface area (TPSA) is 89.9 Å².